The number of anilines is 1. The summed E-state index contributed by atoms with van der Waals surface area (Å²) in [4.78, 5) is 28.8. The smallest absolute Gasteiger partial charge is 0.331 e. The molecule has 0 saturated carbocycles. The second kappa shape index (κ2) is 11.0. The van der Waals surface area contributed by atoms with Crippen LogP contribution in [0.15, 0.2) is 65.7 Å². The van der Waals surface area contributed by atoms with Crippen molar-refractivity contribution in [3.05, 3.63) is 71.9 Å². The lowest BCUT2D eigenvalue weighted by Gasteiger charge is -2.20. The Morgan fingerprint density at radius 3 is 2.56 bits per heavy atom. The average molecular weight is 482 g/mol. The number of aromatic nitrogens is 1. The number of sulfonamides is 1. The number of rotatable bonds is 9. The Morgan fingerprint density at radius 2 is 1.82 bits per heavy atom. The molecule has 0 aliphatic carbocycles. The number of pyridine rings is 1. The second-order valence-electron chi connectivity index (χ2n) is 7.48. The van der Waals surface area contributed by atoms with Crippen molar-refractivity contribution in [2.24, 2.45) is 0 Å². The van der Waals surface area contributed by atoms with Gasteiger partial charge in [0.1, 0.15) is 0 Å². The summed E-state index contributed by atoms with van der Waals surface area (Å²) in [7, 11) is -3.68. The highest BCUT2D eigenvalue weighted by Crippen LogP contribution is 2.23. The number of esters is 1. The third-order valence-corrected chi connectivity index (χ3v) is 7.40. The van der Waals surface area contributed by atoms with Crippen LogP contribution in [-0.2, 0) is 24.3 Å². The molecule has 0 radical (unpaired) electrons. The molecule has 0 aliphatic rings. The molecule has 34 heavy (non-hydrogen) atoms. The van der Waals surface area contributed by atoms with Gasteiger partial charge in [0.2, 0.25) is 10.0 Å². The molecule has 0 fully saturated rings. The molecule has 1 amide bonds. The predicted molar refractivity (Wildman–Crippen MR) is 132 cm³/mol. The van der Waals surface area contributed by atoms with E-state index in [0.29, 0.717) is 24.3 Å². The summed E-state index contributed by atoms with van der Waals surface area (Å²) >= 11 is 0. The van der Waals surface area contributed by atoms with Crippen LogP contribution in [0.2, 0.25) is 0 Å². The van der Waals surface area contributed by atoms with Gasteiger partial charge in [-0.1, -0.05) is 44.2 Å². The van der Waals surface area contributed by atoms with Gasteiger partial charge in [0, 0.05) is 42.0 Å². The van der Waals surface area contributed by atoms with Crippen LogP contribution in [0, 0.1) is 6.92 Å². The highest BCUT2D eigenvalue weighted by Gasteiger charge is 2.24. The molecule has 1 aromatic heterocycles. The highest BCUT2D eigenvalue weighted by molar-refractivity contribution is 7.89. The van der Waals surface area contributed by atoms with Gasteiger partial charge in [-0.3, -0.25) is 9.78 Å². The number of nitrogens with zero attached hydrogens (tertiary/aromatic N) is 2. The van der Waals surface area contributed by atoms with Crippen molar-refractivity contribution in [3.63, 3.8) is 0 Å². The summed E-state index contributed by atoms with van der Waals surface area (Å²) in [6.07, 6.45) is 4.49. The average Bonchev–Trinajstić information content (AvgIpc) is 2.83. The van der Waals surface area contributed by atoms with Gasteiger partial charge in [-0.15, -0.1) is 0 Å². The maximum atomic E-state index is 12.9. The van der Waals surface area contributed by atoms with E-state index in [-0.39, 0.29) is 4.90 Å². The number of hydrogen-bond acceptors (Lipinski definition) is 6. The first-order chi connectivity index (χ1) is 16.3. The molecule has 1 heterocycles. The quantitative estimate of drug-likeness (QED) is 0.368. The standard InChI is InChI=1S/C25H27N3O5S/c1-4-28(5-2)34(31,32)22-16-21(13-11-18(22)3)27-23(29)17-33-24(30)14-12-20-9-6-8-19-10-7-15-26-25(19)20/h6-16H,4-5,17H2,1-3H3,(H,27,29)/b14-12+. The van der Waals surface area contributed by atoms with Crippen molar-refractivity contribution in [3.8, 4) is 0 Å². The van der Waals surface area contributed by atoms with Crippen LogP contribution in [-0.4, -0.2) is 49.3 Å². The van der Waals surface area contributed by atoms with Gasteiger partial charge in [0.25, 0.3) is 5.91 Å². The van der Waals surface area contributed by atoms with Gasteiger partial charge in [-0.2, -0.15) is 4.31 Å². The Hall–Kier alpha value is -3.56. The van der Waals surface area contributed by atoms with Crippen molar-refractivity contribution >= 4 is 44.6 Å². The van der Waals surface area contributed by atoms with Crippen LogP contribution in [0.4, 0.5) is 5.69 Å². The number of fused-ring (bicyclic) bond motifs is 1. The summed E-state index contributed by atoms with van der Waals surface area (Å²) in [5.74, 6) is -1.26. The molecule has 0 spiro atoms. The Kier molecular flexibility index (Phi) is 8.14. The fraction of sp³-hybridized carbons (Fsp3) is 0.240. The van der Waals surface area contributed by atoms with E-state index in [9.17, 15) is 18.0 Å². The molecule has 0 atom stereocenters. The van der Waals surface area contributed by atoms with Gasteiger partial charge in [0.05, 0.1) is 10.4 Å². The third kappa shape index (κ3) is 5.86. The topological polar surface area (TPSA) is 106 Å². The SMILES string of the molecule is CCN(CC)S(=O)(=O)c1cc(NC(=O)COC(=O)/C=C/c2cccc3cccnc23)ccc1C. The van der Waals surface area contributed by atoms with Crippen LogP contribution >= 0.6 is 0 Å². The molecule has 178 valence electrons. The number of ether oxygens (including phenoxy) is 1. The minimum atomic E-state index is -3.68. The van der Waals surface area contributed by atoms with E-state index in [1.807, 2.05) is 30.3 Å². The first-order valence-electron chi connectivity index (χ1n) is 10.9. The van der Waals surface area contributed by atoms with Gasteiger partial charge in [-0.25, -0.2) is 13.2 Å². The Bertz CT molecular complexity index is 1330. The van der Waals surface area contributed by atoms with E-state index in [2.05, 4.69) is 10.3 Å². The monoisotopic (exact) mass is 481 g/mol. The molecule has 0 bridgehead atoms. The normalized spacial score (nSPS) is 11.8. The molecule has 3 aromatic rings. The van der Waals surface area contributed by atoms with Gasteiger partial charge in [0.15, 0.2) is 6.61 Å². The second-order valence-corrected chi connectivity index (χ2v) is 9.39. The molecule has 1 N–H and O–H groups in total. The van der Waals surface area contributed by atoms with E-state index in [0.717, 1.165) is 16.5 Å². The van der Waals surface area contributed by atoms with Crippen molar-refractivity contribution in [2.75, 3.05) is 25.0 Å². The molecule has 3 rings (SSSR count). The molecule has 0 aliphatic heterocycles. The predicted octanol–water partition coefficient (Wildman–Crippen LogP) is 3.77. The fourth-order valence-electron chi connectivity index (χ4n) is 3.46. The first kappa shape index (κ1) is 25.1. The summed E-state index contributed by atoms with van der Waals surface area (Å²) in [6.45, 7) is 5.40. The number of nitrogens with one attached hydrogen (secondary N) is 1. The van der Waals surface area contributed by atoms with Gasteiger partial charge < -0.3 is 10.1 Å². The van der Waals surface area contributed by atoms with Crippen LogP contribution < -0.4 is 5.32 Å². The van der Waals surface area contributed by atoms with E-state index in [1.54, 1.807) is 45.2 Å². The molecule has 8 nitrogen and oxygen atoms in total. The minimum Gasteiger partial charge on any atom is -0.452 e. The van der Waals surface area contributed by atoms with Crippen LogP contribution in [0.25, 0.3) is 17.0 Å². The lowest BCUT2D eigenvalue weighted by Crippen LogP contribution is -2.31. The molecule has 0 saturated heterocycles. The van der Waals surface area contributed by atoms with E-state index < -0.39 is 28.5 Å². The van der Waals surface area contributed by atoms with E-state index >= 15 is 0 Å². The number of amides is 1. The summed E-state index contributed by atoms with van der Waals surface area (Å²) in [5, 5.41) is 3.52. The van der Waals surface area contributed by atoms with Gasteiger partial charge in [-0.05, 0) is 36.8 Å². The first-order valence-corrected chi connectivity index (χ1v) is 12.3. The Morgan fingerprint density at radius 1 is 1.09 bits per heavy atom. The summed E-state index contributed by atoms with van der Waals surface area (Å²) < 4.78 is 32.1. The Labute approximate surface area is 199 Å². The largest absolute Gasteiger partial charge is 0.452 e. The zero-order valence-electron chi connectivity index (χ0n) is 19.3. The molecule has 9 heteroatoms. The van der Waals surface area contributed by atoms with Gasteiger partial charge >= 0.3 is 5.97 Å². The third-order valence-electron chi connectivity index (χ3n) is 5.20. The van der Waals surface area contributed by atoms with Crippen LogP contribution in [0.1, 0.15) is 25.0 Å². The lowest BCUT2D eigenvalue weighted by atomic mass is 10.1. The molecule has 0 unspecified atom stereocenters. The maximum absolute atomic E-state index is 12.9. The van der Waals surface area contributed by atoms with Crippen molar-refractivity contribution in [1.29, 1.82) is 0 Å². The van der Waals surface area contributed by atoms with Crippen molar-refractivity contribution < 1.29 is 22.7 Å². The molecule has 2 aromatic carbocycles. The molecular formula is C25H27N3O5S. The molecular weight excluding hydrogens is 454 g/mol. The maximum Gasteiger partial charge on any atom is 0.331 e. The number of para-hydroxylation sites is 1. The number of hydrogen-bond donors (Lipinski definition) is 1. The number of aryl methyl sites for hydroxylation is 1. The van der Waals surface area contributed by atoms with Crippen LogP contribution in [0.3, 0.4) is 0 Å². The van der Waals surface area contributed by atoms with Crippen LogP contribution in [0.5, 0.6) is 0 Å². The van der Waals surface area contributed by atoms with Crippen molar-refractivity contribution in [1.82, 2.24) is 9.29 Å². The fourth-order valence-corrected chi connectivity index (χ4v) is 5.17. The Balaban J connectivity index is 1.63. The summed E-state index contributed by atoms with van der Waals surface area (Å²) in [6, 6.07) is 14.0. The zero-order valence-corrected chi connectivity index (χ0v) is 20.1. The zero-order chi connectivity index (χ0) is 24.7. The summed E-state index contributed by atoms with van der Waals surface area (Å²) in [5.41, 5.74) is 2.38. The number of benzene rings is 2. The van der Waals surface area contributed by atoms with E-state index in [4.69, 9.17) is 4.74 Å². The lowest BCUT2D eigenvalue weighted by molar-refractivity contribution is -0.142. The minimum absolute atomic E-state index is 0.123. The number of carbonyl (C=O) groups excluding carboxylic acids is 2. The highest BCUT2D eigenvalue weighted by atomic mass is 32.2. The number of carbonyl (C=O) groups is 2. The van der Waals surface area contributed by atoms with Crippen molar-refractivity contribution in [2.45, 2.75) is 25.7 Å². The van der Waals surface area contributed by atoms with E-state index in [1.165, 1.54) is 16.4 Å².